The molecular weight excluding hydrogens is 448 g/mol. The first-order valence-corrected chi connectivity index (χ1v) is 12.8. The molecule has 0 spiro atoms. The molecule has 0 aliphatic carbocycles. The van der Waals surface area contributed by atoms with Gasteiger partial charge in [-0.3, -0.25) is 0 Å². The molecule has 1 amide bonds. The Hall–Kier alpha value is -2.25. The van der Waals surface area contributed by atoms with Gasteiger partial charge in [-0.15, -0.1) is 0 Å². The summed E-state index contributed by atoms with van der Waals surface area (Å²) < 4.78 is 31.6. The average molecular weight is 477 g/mol. The number of halogens is 1. The van der Waals surface area contributed by atoms with E-state index in [0.717, 1.165) is 37.1 Å². The number of hydrogen-bond acceptors (Lipinski definition) is 5. The van der Waals surface area contributed by atoms with Crippen molar-refractivity contribution in [3.63, 3.8) is 0 Å². The highest BCUT2D eigenvalue weighted by Gasteiger charge is 2.34. The molecule has 2 aromatic carbocycles. The van der Waals surface area contributed by atoms with Gasteiger partial charge in [0, 0.05) is 25.7 Å². The van der Waals surface area contributed by atoms with E-state index in [9.17, 15) is 13.2 Å². The molecule has 2 aliphatic heterocycles. The van der Waals surface area contributed by atoms with Gasteiger partial charge in [-0.1, -0.05) is 29.8 Å². The molecule has 1 fully saturated rings. The van der Waals surface area contributed by atoms with Crippen LogP contribution in [0.2, 0.25) is 5.02 Å². The molecule has 2 aliphatic rings. The summed E-state index contributed by atoms with van der Waals surface area (Å²) in [4.78, 5) is 16.9. The fraction of sp³-hybridized carbons (Fsp3) is 0.458. The number of hydrogen-bond donors (Lipinski definition) is 0. The molecule has 32 heavy (non-hydrogen) atoms. The van der Waals surface area contributed by atoms with Crippen LogP contribution in [0.3, 0.4) is 0 Å². The number of rotatable bonds is 3. The summed E-state index contributed by atoms with van der Waals surface area (Å²) in [6.07, 6.45) is 2.11. The molecule has 0 unspecified atom stereocenters. The van der Waals surface area contributed by atoms with Crippen molar-refractivity contribution in [3.8, 4) is 0 Å². The number of ether oxygens (including phenoxy) is 1. The molecule has 0 radical (unpaired) electrons. The van der Waals surface area contributed by atoms with Gasteiger partial charge >= 0.3 is 6.09 Å². The number of benzene rings is 2. The van der Waals surface area contributed by atoms with Crippen molar-refractivity contribution in [2.24, 2.45) is 0 Å². The Morgan fingerprint density at radius 2 is 1.69 bits per heavy atom. The highest BCUT2D eigenvalue weighted by Crippen LogP contribution is 2.41. The van der Waals surface area contributed by atoms with E-state index in [0.29, 0.717) is 18.1 Å². The number of carbonyl (C=O) groups excluding carboxylic acids is 1. The van der Waals surface area contributed by atoms with E-state index in [-0.39, 0.29) is 21.9 Å². The number of fused-ring (bicyclic) bond motifs is 1. The van der Waals surface area contributed by atoms with E-state index in [1.807, 2.05) is 20.8 Å². The first kappa shape index (κ1) is 22.9. The second-order valence-corrected chi connectivity index (χ2v) is 11.7. The van der Waals surface area contributed by atoms with Gasteiger partial charge in [0.05, 0.1) is 20.5 Å². The first-order valence-electron chi connectivity index (χ1n) is 10.9. The Kier molecular flexibility index (Phi) is 6.16. The average Bonchev–Trinajstić information content (AvgIpc) is 3.18. The van der Waals surface area contributed by atoms with E-state index < -0.39 is 15.4 Å². The zero-order chi connectivity index (χ0) is 23.1. The molecule has 0 saturated carbocycles. The lowest BCUT2D eigenvalue weighted by atomic mass is 10.0. The summed E-state index contributed by atoms with van der Waals surface area (Å²) in [5.74, 6) is 0. The molecule has 8 heteroatoms. The minimum atomic E-state index is -3.62. The molecule has 0 N–H and O–H groups in total. The third-order valence-corrected chi connectivity index (χ3v) is 7.98. The Morgan fingerprint density at radius 1 is 1.03 bits per heavy atom. The highest BCUT2D eigenvalue weighted by molar-refractivity contribution is 7.91. The Bertz CT molecular complexity index is 1100. The third-order valence-electron chi connectivity index (χ3n) is 5.95. The second-order valence-electron chi connectivity index (χ2n) is 9.37. The van der Waals surface area contributed by atoms with Gasteiger partial charge in [-0.05, 0) is 69.9 Å². The molecule has 2 aromatic rings. The van der Waals surface area contributed by atoms with Crippen LogP contribution in [-0.4, -0.2) is 50.7 Å². The molecule has 2 heterocycles. The van der Waals surface area contributed by atoms with Crippen LogP contribution >= 0.6 is 11.6 Å². The van der Waals surface area contributed by atoms with Gasteiger partial charge in [0.2, 0.25) is 9.84 Å². The van der Waals surface area contributed by atoms with Crippen molar-refractivity contribution >= 4 is 33.2 Å². The summed E-state index contributed by atoms with van der Waals surface area (Å²) >= 11 is 6.64. The fourth-order valence-electron chi connectivity index (χ4n) is 4.44. The number of sulfone groups is 1. The SMILES string of the molecule is CC(C)(C)OC(=O)N1CCC(N2CCc3cc(S(=O)(=O)c4ccccc4)cc(Cl)c32)CC1. The third kappa shape index (κ3) is 4.59. The Labute approximate surface area is 195 Å². The Balaban J connectivity index is 1.50. The number of piperidine rings is 1. The van der Waals surface area contributed by atoms with Gasteiger partial charge in [-0.2, -0.15) is 0 Å². The number of likely N-dealkylation sites (tertiary alicyclic amines) is 1. The van der Waals surface area contributed by atoms with Crippen LogP contribution in [0.5, 0.6) is 0 Å². The molecular formula is C24H29ClN2O4S. The van der Waals surface area contributed by atoms with Crippen molar-refractivity contribution in [1.82, 2.24) is 4.90 Å². The maximum Gasteiger partial charge on any atom is 0.410 e. The van der Waals surface area contributed by atoms with E-state index in [1.165, 1.54) is 0 Å². The maximum absolute atomic E-state index is 13.0. The molecule has 1 saturated heterocycles. The second kappa shape index (κ2) is 8.60. The summed E-state index contributed by atoms with van der Waals surface area (Å²) in [6, 6.07) is 12.0. The summed E-state index contributed by atoms with van der Waals surface area (Å²) in [5, 5.41) is 0.462. The lowest BCUT2D eigenvalue weighted by Crippen LogP contribution is -2.47. The summed E-state index contributed by atoms with van der Waals surface area (Å²) in [5.41, 5.74) is 1.38. The van der Waals surface area contributed by atoms with Gasteiger partial charge in [0.1, 0.15) is 5.60 Å². The number of anilines is 1. The topological polar surface area (TPSA) is 66.9 Å². The summed E-state index contributed by atoms with van der Waals surface area (Å²) in [6.45, 7) is 7.65. The molecule has 172 valence electrons. The van der Waals surface area contributed by atoms with E-state index in [1.54, 1.807) is 47.4 Å². The van der Waals surface area contributed by atoms with Crippen molar-refractivity contribution in [2.75, 3.05) is 24.5 Å². The monoisotopic (exact) mass is 476 g/mol. The fourth-order valence-corrected chi connectivity index (χ4v) is 6.21. The smallest absolute Gasteiger partial charge is 0.410 e. The predicted octanol–water partition coefficient (Wildman–Crippen LogP) is 4.93. The minimum absolute atomic E-state index is 0.231. The number of carbonyl (C=O) groups is 1. The zero-order valence-electron chi connectivity index (χ0n) is 18.7. The molecule has 0 aromatic heterocycles. The number of amides is 1. The van der Waals surface area contributed by atoms with Gasteiger partial charge in [0.25, 0.3) is 0 Å². The number of nitrogens with zero attached hydrogens (tertiary/aromatic N) is 2. The van der Waals surface area contributed by atoms with Crippen LogP contribution in [0.4, 0.5) is 10.5 Å². The van der Waals surface area contributed by atoms with Crippen LogP contribution in [-0.2, 0) is 21.0 Å². The quantitative estimate of drug-likeness (QED) is 0.628. The van der Waals surface area contributed by atoms with Crippen LogP contribution in [0.1, 0.15) is 39.2 Å². The predicted molar refractivity (Wildman–Crippen MR) is 125 cm³/mol. The van der Waals surface area contributed by atoms with E-state index >= 15 is 0 Å². The molecule has 0 atom stereocenters. The van der Waals surface area contributed by atoms with Crippen molar-refractivity contribution in [1.29, 1.82) is 0 Å². The van der Waals surface area contributed by atoms with Gasteiger partial charge in [-0.25, -0.2) is 13.2 Å². The standard InChI is InChI=1S/C24H29ClN2O4S/c1-24(2,3)31-23(28)26-12-10-18(11-13-26)27-14-9-17-15-20(16-21(25)22(17)27)32(29,30)19-7-5-4-6-8-19/h4-8,15-16,18H,9-14H2,1-3H3. The Morgan fingerprint density at radius 3 is 2.31 bits per heavy atom. The lowest BCUT2D eigenvalue weighted by molar-refractivity contribution is 0.0205. The zero-order valence-corrected chi connectivity index (χ0v) is 20.2. The minimum Gasteiger partial charge on any atom is -0.444 e. The first-order chi connectivity index (χ1) is 15.1. The van der Waals surface area contributed by atoms with Gasteiger partial charge < -0.3 is 14.5 Å². The van der Waals surface area contributed by atoms with Crippen LogP contribution < -0.4 is 4.90 Å². The van der Waals surface area contributed by atoms with Crippen molar-refractivity contribution < 1.29 is 17.9 Å². The van der Waals surface area contributed by atoms with Crippen molar-refractivity contribution in [2.45, 2.75) is 61.5 Å². The lowest BCUT2D eigenvalue weighted by Gasteiger charge is -2.38. The van der Waals surface area contributed by atoms with Crippen molar-refractivity contribution in [3.05, 3.63) is 53.1 Å². The van der Waals surface area contributed by atoms with Crippen LogP contribution in [0, 0.1) is 0 Å². The largest absolute Gasteiger partial charge is 0.444 e. The molecule has 0 bridgehead atoms. The highest BCUT2D eigenvalue weighted by atomic mass is 35.5. The van der Waals surface area contributed by atoms with Crippen LogP contribution in [0.25, 0.3) is 0 Å². The van der Waals surface area contributed by atoms with E-state index in [2.05, 4.69) is 4.90 Å². The van der Waals surface area contributed by atoms with E-state index in [4.69, 9.17) is 16.3 Å². The molecule has 6 nitrogen and oxygen atoms in total. The molecule has 4 rings (SSSR count). The van der Waals surface area contributed by atoms with Crippen LogP contribution in [0.15, 0.2) is 52.3 Å². The summed E-state index contributed by atoms with van der Waals surface area (Å²) in [7, 11) is -3.62. The normalized spacial score (nSPS) is 17.4. The maximum atomic E-state index is 13.0. The van der Waals surface area contributed by atoms with Gasteiger partial charge in [0.15, 0.2) is 0 Å².